The zero-order valence-electron chi connectivity index (χ0n) is 37.4. The molecule has 5 nitrogen and oxygen atoms in total. The van der Waals surface area contributed by atoms with Gasteiger partial charge in [-0.2, -0.15) is 0 Å². The molecule has 0 aliphatic heterocycles. The highest BCUT2D eigenvalue weighted by Crippen LogP contribution is 2.15. The van der Waals surface area contributed by atoms with Crippen LogP contribution < -0.4 is 21.3 Å². The van der Waals surface area contributed by atoms with Crippen LogP contribution in [0, 0.1) is 0 Å². The van der Waals surface area contributed by atoms with Gasteiger partial charge < -0.3 is 21.3 Å². The molecule has 0 rings (SSSR count). The standard InChI is InChI=1S/C50H97N5/c1-8-11-12-13-14-15-16-17-18-19-20-21-22-25-30-37-48(5)53-42-35-39-50(7)52-41-34-29-23-26-31-36-47(4)51-40-33-28-24-27-32-38-49(6)54-43-46-55(44-9-2)45-10-3/h9,51-54H,2,4-8,10-46H2,1,3H3. The van der Waals surface area contributed by atoms with Gasteiger partial charge in [0.05, 0.1) is 0 Å². The number of hydrogen-bond donors (Lipinski definition) is 4. The Morgan fingerprint density at radius 2 is 0.673 bits per heavy atom. The predicted molar refractivity (Wildman–Crippen MR) is 250 cm³/mol. The minimum absolute atomic E-state index is 0.968. The second kappa shape index (κ2) is 43.0. The van der Waals surface area contributed by atoms with Gasteiger partial charge in [0.25, 0.3) is 0 Å². The lowest BCUT2D eigenvalue weighted by Crippen LogP contribution is -2.32. The molecule has 0 aromatic carbocycles. The summed E-state index contributed by atoms with van der Waals surface area (Å²) in [5.41, 5.74) is 4.80. The van der Waals surface area contributed by atoms with Crippen molar-refractivity contribution in [1.29, 1.82) is 0 Å². The third kappa shape index (κ3) is 41.3. The SMILES string of the molecule is C=CCN(CCC)CCNC(=C)CCCCCCCNC(=C)CCCCCCCNC(=C)CCCNC(=C)CCCCCCCCCCCCCCCCC. The first kappa shape index (κ1) is 52.9. The Labute approximate surface area is 345 Å². The summed E-state index contributed by atoms with van der Waals surface area (Å²) in [6.45, 7) is 32.6. The fraction of sp³-hybridized carbons (Fsp3) is 0.800. The van der Waals surface area contributed by atoms with Crippen LogP contribution in [0.15, 0.2) is 61.8 Å². The van der Waals surface area contributed by atoms with Crippen molar-refractivity contribution in [2.24, 2.45) is 0 Å². The molecule has 0 atom stereocenters. The van der Waals surface area contributed by atoms with Gasteiger partial charge in [0.15, 0.2) is 0 Å². The van der Waals surface area contributed by atoms with Gasteiger partial charge >= 0.3 is 0 Å². The lowest BCUT2D eigenvalue weighted by Gasteiger charge is -2.20. The van der Waals surface area contributed by atoms with Crippen LogP contribution in [-0.2, 0) is 0 Å². The van der Waals surface area contributed by atoms with Crippen molar-refractivity contribution in [3.05, 3.63) is 61.8 Å². The van der Waals surface area contributed by atoms with Crippen LogP contribution >= 0.6 is 0 Å². The Bertz CT molecular complexity index is 895. The Morgan fingerprint density at radius 3 is 1.04 bits per heavy atom. The van der Waals surface area contributed by atoms with Crippen LogP contribution in [0.4, 0.5) is 0 Å². The molecule has 0 heterocycles. The summed E-state index contributed by atoms with van der Waals surface area (Å²) < 4.78 is 0. The van der Waals surface area contributed by atoms with Crippen LogP contribution in [0.3, 0.4) is 0 Å². The zero-order valence-corrected chi connectivity index (χ0v) is 37.4. The van der Waals surface area contributed by atoms with Gasteiger partial charge in [-0.25, -0.2) is 0 Å². The number of allylic oxidation sites excluding steroid dienone is 4. The molecule has 55 heavy (non-hydrogen) atoms. The van der Waals surface area contributed by atoms with Crippen molar-refractivity contribution in [2.75, 3.05) is 45.8 Å². The van der Waals surface area contributed by atoms with Gasteiger partial charge in [0.1, 0.15) is 0 Å². The maximum atomic E-state index is 4.26. The molecule has 0 saturated carbocycles. The average Bonchev–Trinajstić information content (AvgIpc) is 3.17. The lowest BCUT2D eigenvalue weighted by molar-refractivity contribution is 0.304. The van der Waals surface area contributed by atoms with E-state index in [9.17, 15) is 0 Å². The van der Waals surface area contributed by atoms with E-state index >= 15 is 0 Å². The van der Waals surface area contributed by atoms with Crippen molar-refractivity contribution < 1.29 is 0 Å². The Hall–Kier alpha value is -2.14. The number of nitrogens with one attached hydrogen (secondary N) is 4. The molecule has 0 amide bonds. The molecule has 0 fully saturated rings. The second-order valence-electron chi connectivity index (χ2n) is 16.5. The first-order valence-corrected chi connectivity index (χ1v) is 23.9. The smallest absolute Gasteiger partial charge is 0.0271 e. The molecule has 0 aliphatic rings. The van der Waals surface area contributed by atoms with Gasteiger partial charge in [-0.15, -0.1) is 6.58 Å². The molecular weight excluding hydrogens is 671 g/mol. The maximum Gasteiger partial charge on any atom is 0.0271 e. The van der Waals surface area contributed by atoms with Crippen LogP contribution in [0.25, 0.3) is 0 Å². The summed E-state index contributed by atoms with van der Waals surface area (Å²) in [5, 5.41) is 14.2. The fourth-order valence-electron chi connectivity index (χ4n) is 7.33. The van der Waals surface area contributed by atoms with Crippen LogP contribution in [-0.4, -0.2) is 50.7 Å². The molecule has 0 bridgehead atoms. The van der Waals surface area contributed by atoms with E-state index in [1.807, 2.05) is 6.08 Å². The topological polar surface area (TPSA) is 51.4 Å². The summed E-state index contributed by atoms with van der Waals surface area (Å²) in [6.07, 6.45) is 42.6. The third-order valence-corrected chi connectivity index (χ3v) is 10.9. The minimum Gasteiger partial charge on any atom is -0.389 e. The van der Waals surface area contributed by atoms with Crippen LogP contribution in [0.1, 0.15) is 213 Å². The fourth-order valence-corrected chi connectivity index (χ4v) is 7.33. The minimum atomic E-state index is 0.968. The van der Waals surface area contributed by atoms with Crippen LogP contribution in [0.2, 0.25) is 0 Å². The van der Waals surface area contributed by atoms with E-state index in [4.69, 9.17) is 0 Å². The van der Waals surface area contributed by atoms with Gasteiger partial charge in [-0.1, -0.05) is 175 Å². The van der Waals surface area contributed by atoms with Gasteiger partial charge in [-0.05, 0) is 77.2 Å². The average molecular weight is 768 g/mol. The molecule has 0 aromatic heterocycles. The van der Waals surface area contributed by atoms with E-state index in [1.54, 1.807) is 0 Å². The molecule has 0 radical (unpaired) electrons. The third-order valence-electron chi connectivity index (χ3n) is 10.9. The maximum absolute atomic E-state index is 4.26. The van der Waals surface area contributed by atoms with Crippen molar-refractivity contribution in [3.63, 3.8) is 0 Å². The lowest BCUT2D eigenvalue weighted by atomic mass is 10.0. The zero-order chi connectivity index (χ0) is 40.3. The van der Waals surface area contributed by atoms with Gasteiger partial charge in [0, 0.05) is 62.1 Å². The van der Waals surface area contributed by atoms with E-state index < -0.39 is 0 Å². The molecule has 322 valence electrons. The quantitative estimate of drug-likeness (QED) is 0.0367. The van der Waals surface area contributed by atoms with Crippen molar-refractivity contribution >= 4 is 0 Å². The highest BCUT2D eigenvalue weighted by molar-refractivity contribution is 4.94. The van der Waals surface area contributed by atoms with E-state index in [-0.39, 0.29) is 0 Å². The molecule has 0 unspecified atom stereocenters. The number of hydrogen-bond acceptors (Lipinski definition) is 5. The van der Waals surface area contributed by atoms with E-state index in [0.717, 1.165) is 77.9 Å². The van der Waals surface area contributed by atoms with Crippen molar-refractivity contribution in [2.45, 2.75) is 213 Å². The van der Waals surface area contributed by atoms with Gasteiger partial charge in [-0.3, -0.25) is 4.90 Å². The van der Waals surface area contributed by atoms with Gasteiger partial charge in [0.2, 0.25) is 0 Å². The Morgan fingerprint density at radius 1 is 0.364 bits per heavy atom. The summed E-state index contributed by atoms with van der Waals surface area (Å²) >= 11 is 0. The monoisotopic (exact) mass is 768 g/mol. The largest absolute Gasteiger partial charge is 0.389 e. The number of rotatable bonds is 47. The molecule has 0 aliphatic carbocycles. The molecule has 4 N–H and O–H groups in total. The Balaban J connectivity index is 3.42. The number of unbranched alkanes of at least 4 members (excludes halogenated alkanes) is 22. The first-order valence-electron chi connectivity index (χ1n) is 23.9. The van der Waals surface area contributed by atoms with E-state index in [1.165, 1.54) is 190 Å². The highest BCUT2D eigenvalue weighted by atomic mass is 15.1. The number of nitrogens with zero attached hydrogens (tertiary/aromatic N) is 1. The van der Waals surface area contributed by atoms with E-state index in [0.29, 0.717) is 0 Å². The molecular formula is C50H97N5. The van der Waals surface area contributed by atoms with E-state index in [2.05, 4.69) is 72.9 Å². The Kier molecular flexibility index (Phi) is 41.3. The van der Waals surface area contributed by atoms with Crippen LogP contribution in [0.5, 0.6) is 0 Å². The molecule has 0 aromatic rings. The summed E-state index contributed by atoms with van der Waals surface area (Å²) in [7, 11) is 0. The second-order valence-corrected chi connectivity index (χ2v) is 16.5. The highest BCUT2D eigenvalue weighted by Gasteiger charge is 2.03. The molecule has 0 saturated heterocycles. The molecule has 5 heteroatoms. The van der Waals surface area contributed by atoms with Crippen molar-refractivity contribution in [1.82, 2.24) is 26.2 Å². The predicted octanol–water partition coefficient (Wildman–Crippen LogP) is 14.0. The summed E-state index contributed by atoms with van der Waals surface area (Å²) in [6, 6.07) is 0. The summed E-state index contributed by atoms with van der Waals surface area (Å²) in [4.78, 5) is 2.44. The first-order chi connectivity index (χ1) is 26.9. The van der Waals surface area contributed by atoms with Crippen molar-refractivity contribution in [3.8, 4) is 0 Å². The normalized spacial score (nSPS) is 11.1. The molecule has 0 spiro atoms. The summed E-state index contributed by atoms with van der Waals surface area (Å²) in [5.74, 6) is 0.